The first-order valence-corrected chi connectivity index (χ1v) is 14.6. The van der Waals surface area contributed by atoms with Crippen LogP contribution in [-0.2, 0) is 20.4 Å². The molecule has 3 amide bonds. The molecule has 0 saturated carbocycles. The van der Waals surface area contributed by atoms with E-state index >= 15 is 0 Å². The number of urea groups is 1. The van der Waals surface area contributed by atoms with E-state index in [9.17, 15) is 18.0 Å². The average molecular weight is 590 g/mol. The van der Waals surface area contributed by atoms with Gasteiger partial charge in [0.05, 0.1) is 10.6 Å². The van der Waals surface area contributed by atoms with Gasteiger partial charge in [-0.3, -0.25) is 14.6 Å². The van der Waals surface area contributed by atoms with Crippen molar-refractivity contribution in [3.8, 4) is 0 Å². The summed E-state index contributed by atoms with van der Waals surface area (Å²) in [4.78, 5) is 31.8. The van der Waals surface area contributed by atoms with E-state index < -0.39 is 21.5 Å². The number of benzene rings is 3. The fraction of sp³-hybridized carbons (Fsp3) is 0.286. The Morgan fingerprint density at radius 2 is 1.51 bits per heavy atom. The van der Waals surface area contributed by atoms with Crippen molar-refractivity contribution in [2.75, 3.05) is 43.4 Å². The number of carbonyl (C=O) groups excluding carboxylic acids is 2. The third-order valence-electron chi connectivity index (χ3n) is 7.08. The molecular weight excluding hydrogens is 559 g/mol. The number of rotatable bonds is 7. The van der Waals surface area contributed by atoms with E-state index in [2.05, 4.69) is 0 Å². The van der Waals surface area contributed by atoms with Crippen molar-refractivity contribution in [1.82, 2.24) is 9.80 Å². The van der Waals surface area contributed by atoms with Gasteiger partial charge < -0.3 is 4.90 Å². The summed E-state index contributed by atoms with van der Waals surface area (Å²) in [5, 5.41) is 0.666. The minimum atomic E-state index is -4.37. The van der Waals surface area contributed by atoms with E-state index in [4.69, 9.17) is 23.2 Å². The van der Waals surface area contributed by atoms with Gasteiger partial charge in [0.2, 0.25) is 0 Å². The van der Waals surface area contributed by atoms with Crippen molar-refractivity contribution in [3.63, 3.8) is 0 Å². The minimum Gasteiger partial charge on any atom is -0.325 e. The third-order valence-corrected chi connectivity index (χ3v) is 9.35. The van der Waals surface area contributed by atoms with Gasteiger partial charge in [0, 0.05) is 47.0 Å². The molecule has 11 heteroatoms. The number of nitrogens with zero attached hydrogens (tertiary/aromatic N) is 4. The van der Waals surface area contributed by atoms with Gasteiger partial charge in [-0.15, -0.1) is 0 Å². The molecule has 3 aromatic carbocycles. The van der Waals surface area contributed by atoms with Gasteiger partial charge in [0.15, 0.2) is 5.54 Å². The third kappa shape index (κ3) is 4.57. The number of fused-ring (bicyclic) bond motifs is 1. The highest BCUT2D eigenvalue weighted by Gasteiger charge is 2.58. The molecule has 1 aliphatic heterocycles. The van der Waals surface area contributed by atoms with Crippen LogP contribution < -0.4 is 9.21 Å². The molecule has 0 radical (unpaired) electrons. The monoisotopic (exact) mass is 588 g/mol. The van der Waals surface area contributed by atoms with Crippen LogP contribution in [0, 0.1) is 0 Å². The van der Waals surface area contributed by atoms with E-state index in [0.717, 1.165) is 4.31 Å². The fourth-order valence-corrected chi connectivity index (χ4v) is 6.94. The van der Waals surface area contributed by atoms with Crippen molar-refractivity contribution >= 4 is 56.5 Å². The van der Waals surface area contributed by atoms with E-state index in [1.54, 1.807) is 79.5 Å². The molecule has 4 rings (SSSR count). The number of carbonyl (C=O) groups is 2. The summed E-state index contributed by atoms with van der Waals surface area (Å²) in [7, 11) is 0.645. The Balaban J connectivity index is 1.84. The molecule has 39 heavy (non-hydrogen) atoms. The number of sulfonamides is 1. The van der Waals surface area contributed by atoms with E-state index in [-0.39, 0.29) is 16.6 Å². The van der Waals surface area contributed by atoms with Crippen molar-refractivity contribution in [3.05, 3.63) is 87.9 Å². The van der Waals surface area contributed by atoms with E-state index in [1.807, 2.05) is 13.8 Å². The largest absolute Gasteiger partial charge is 0.325 e. The van der Waals surface area contributed by atoms with Crippen LogP contribution in [0.4, 0.5) is 16.2 Å². The van der Waals surface area contributed by atoms with Gasteiger partial charge in [-0.2, -0.15) is 0 Å². The minimum absolute atomic E-state index is 0.0992. The molecule has 0 aromatic heterocycles. The lowest BCUT2D eigenvalue weighted by Crippen LogP contribution is -2.52. The van der Waals surface area contributed by atoms with E-state index in [0.29, 0.717) is 39.9 Å². The van der Waals surface area contributed by atoms with Crippen molar-refractivity contribution in [2.45, 2.75) is 24.3 Å². The van der Waals surface area contributed by atoms with Crippen molar-refractivity contribution in [2.24, 2.45) is 0 Å². The number of amides is 3. The van der Waals surface area contributed by atoms with Crippen molar-refractivity contribution in [1.29, 1.82) is 0 Å². The summed E-state index contributed by atoms with van der Waals surface area (Å²) >= 11 is 12.9. The maximum absolute atomic E-state index is 14.4. The highest BCUT2D eigenvalue weighted by atomic mass is 35.5. The predicted octanol–water partition coefficient (Wildman–Crippen LogP) is 5.43. The number of likely N-dealkylation sites (N-methyl/N-ethyl adjacent to an activating group) is 1. The van der Waals surface area contributed by atoms with Gasteiger partial charge >= 0.3 is 6.03 Å². The first-order valence-electron chi connectivity index (χ1n) is 12.4. The summed E-state index contributed by atoms with van der Waals surface area (Å²) in [6.07, 6.45) is 0. The zero-order chi connectivity index (χ0) is 28.7. The molecule has 0 aliphatic carbocycles. The highest BCUT2D eigenvalue weighted by molar-refractivity contribution is 7.93. The second-order valence-corrected chi connectivity index (χ2v) is 12.0. The molecule has 0 N–H and O–H groups in total. The molecule has 0 saturated heterocycles. The van der Waals surface area contributed by atoms with Crippen LogP contribution in [0.15, 0.2) is 71.6 Å². The SMILES string of the molecule is CCN(CC)C(=O)N(C)c1ccc(S(=O)(=O)N2C(=O)C(c3ccccc3Cl)(N(C)C)c3cc(Cl)ccc32)cc1. The molecule has 1 heterocycles. The topological polar surface area (TPSA) is 81.2 Å². The summed E-state index contributed by atoms with van der Waals surface area (Å²) in [6.45, 7) is 4.87. The molecule has 1 unspecified atom stereocenters. The lowest BCUT2D eigenvalue weighted by Gasteiger charge is -2.36. The van der Waals surface area contributed by atoms with Crippen LogP contribution in [0.3, 0.4) is 0 Å². The maximum Gasteiger partial charge on any atom is 0.324 e. The Morgan fingerprint density at radius 1 is 0.897 bits per heavy atom. The average Bonchev–Trinajstić information content (AvgIpc) is 3.17. The molecule has 0 fully saturated rings. The van der Waals surface area contributed by atoms with Crippen LogP contribution in [0.1, 0.15) is 25.0 Å². The lowest BCUT2D eigenvalue weighted by atomic mass is 9.82. The Kier molecular flexibility index (Phi) is 8.01. The van der Waals surface area contributed by atoms with E-state index in [1.165, 1.54) is 23.1 Å². The maximum atomic E-state index is 14.4. The van der Waals surface area contributed by atoms with Crippen LogP contribution in [0.25, 0.3) is 0 Å². The Labute approximate surface area is 239 Å². The molecule has 1 aliphatic rings. The second-order valence-electron chi connectivity index (χ2n) is 9.33. The van der Waals surface area contributed by atoms with Crippen LogP contribution in [0.2, 0.25) is 10.0 Å². The standard InChI is InChI=1S/C28H30Cl2N4O4S/c1-6-33(7-2)27(36)32(5)20-13-15-21(16-14-20)39(37,38)34-25-17-12-19(29)18-23(25)28(26(34)35,31(3)4)22-10-8-9-11-24(22)30/h8-18H,6-7H2,1-5H3. The second kappa shape index (κ2) is 10.8. The predicted molar refractivity (Wildman–Crippen MR) is 155 cm³/mol. The Bertz CT molecular complexity index is 1520. The Hall–Kier alpha value is -3.11. The van der Waals surface area contributed by atoms with Gasteiger partial charge in [-0.1, -0.05) is 41.4 Å². The molecule has 8 nitrogen and oxygen atoms in total. The summed E-state index contributed by atoms with van der Waals surface area (Å²) in [5.41, 5.74) is 0.0140. The summed E-state index contributed by atoms with van der Waals surface area (Å²) < 4.78 is 29.0. The van der Waals surface area contributed by atoms with Gasteiger partial charge in [-0.25, -0.2) is 17.5 Å². The normalized spacial score (nSPS) is 16.9. The highest BCUT2D eigenvalue weighted by Crippen LogP contribution is 2.51. The summed E-state index contributed by atoms with van der Waals surface area (Å²) in [5.74, 6) is -0.698. The molecule has 1 atom stereocenters. The molecule has 0 spiro atoms. The first kappa shape index (κ1) is 28.9. The fourth-order valence-electron chi connectivity index (χ4n) is 5.04. The number of hydrogen-bond acceptors (Lipinski definition) is 5. The molecule has 0 bridgehead atoms. The van der Waals surface area contributed by atoms with Gasteiger partial charge in [0.25, 0.3) is 15.9 Å². The first-order chi connectivity index (χ1) is 18.4. The van der Waals surface area contributed by atoms with Crippen LogP contribution in [0.5, 0.6) is 0 Å². The molecule has 3 aromatic rings. The zero-order valence-electron chi connectivity index (χ0n) is 22.4. The number of anilines is 2. The van der Waals surface area contributed by atoms with Gasteiger partial charge in [-0.05, 0) is 76.5 Å². The molecule has 206 valence electrons. The molecular formula is C28H30Cl2N4O4S. The Morgan fingerprint density at radius 3 is 2.08 bits per heavy atom. The van der Waals surface area contributed by atoms with Gasteiger partial charge in [0.1, 0.15) is 0 Å². The zero-order valence-corrected chi connectivity index (χ0v) is 24.7. The smallest absolute Gasteiger partial charge is 0.324 e. The number of hydrogen-bond donors (Lipinski definition) is 0. The summed E-state index contributed by atoms with van der Waals surface area (Å²) in [6, 6.07) is 17.2. The number of halogens is 2. The quantitative estimate of drug-likeness (QED) is 0.367. The van der Waals surface area contributed by atoms with Crippen molar-refractivity contribution < 1.29 is 18.0 Å². The van der Waals surface area contributed by atoms with Crippen LogP contribution in [-0.4, -0.2) is 64.4 Å². The van der Waals surface area contributed by atoms with Crippen LogP contribution >= 0.6 is 23.2 Å². The lowest BCUT2D eigenvalue weighted by molar-refractivity contribution is -0.125.